The van der Waals surface area contributed by atoms with Gasteiger partial charge in [-0.2, -0.15) is 0 Å². The van der Waals surface area contributed by atoms with Gasteiger partial charge in [0.2, 0.25) is 0 Å². The van der Waals surface area contributed by atoms with E-state index in [9.17, 15) is 4.79 Å². The van der Waals surface area contributed by atoms with Crippen LogP contribution in [0, 0.1) is 5.92 Å². The third-order valence-electron chi connectivity index (χ3n) is 2.99. The number of carbonyl (C=O) groups excluding carboxylic acids is 1. The first-order chi connectivity index (χ1) is 7.20. The van der Waals surface area contributed by atoms with Crippen molar-refractivity contribution in [3.63, 3.8) is 0 Å². The van der Waals surface area contributed by atoms with Crippen LogP contribution in [0.4, 0.5) is 4.79 Å². The van der Waals surface area contributed by atoms with Gasteiger partial charge in [0.15, 0.2) is 0 Å². The van der Waals surface area contributed by atoms with Crippen LogP contribution >= 0.6 is 0 Å². The molecule has 1 aliphatic heterocycles. The molecule has 1 amide bonds. The van der Waals surface area contributed by atoms with E-state index in [1.807, 2.05) is 27.7 Å². The summed E-state index contributed by atoms with van der Waals surface area (Å²) in [6.07, 6.45) is 0.624. The molecule has 1 rings (SSSR count). The van der Waals surface area contributed by atoms with E-state index in [1.54, 1.807) is 4.90 Å². The maximum absolute atomic E-state index is 11.9. The number of nitrogens with zero attached hydrogens (tertiary/aromatic N) is 1. The van der Waals surface area contributed by atoms with Crippen molar-refractivity contribution in [2.45, 2.75) is 58.7 Å². The summed E-state index contributed by atoms with van der Waals surface area (Å²) in [5, 5.41) is 0. The minimum atomic E-state index is -0.431. The second kappa shape index (κ2) is 4.62. The Morgan fingerprint density at radius 1 is 1.38 bits per heavy atom. The van der Waals surface area contributed by atoms with Crippen molar-refractivity contribution in [2.24, 2.45) is 11.7 Å². The van der Waals surface area contributed by atoms with Crippen LogP contribution in [0.15, 0.2) is 0 Å². The van der Waals surface area contributed by atoms with Gasteiger partial charge in [0.05, 0.1) is 0 Å². The van der Waals surface area contributed by atoms with Crippen molar-refractivity contribution < 1.29 is 9.53 Å². The first-order valence-electron chi connectivity index (χ1n) is 5.96. The Labute approximate surface area is 98.1 Å². The minimum Gasteiger partial charge on any atom is -0.444 e. The summed E-state index contributed by atoms with van der Waals surface area (Å²) in [6.45, 7) is 10.4. The van der Waals surface area contributed by atoms with Gasteiger partial charge in [-0.15, -0.1) is 0 Å². The zero-order valence-electron chi connectivity index (χ0n) is 11.0. The van der Waals surface area contributed by atoms with Crippen LogP contribution in [0.3, 0.4) is 0 Å². The van der Waals surface area contributed by atoms with E-state index < -0.39 is 5.60 Å². The van der Waals surface area contributed by atoms with Crippen molar-refractivity contribution in [1.29, 1.82) is 0 Å². The average molecular weight is 228 g/mol. The summed E-state index contributed by atoms with van der Waals surface area (Å²) < 4.78 is 5.38. The topological polar surface area (TPSA) is 55.6 Å². The Kier molecular flexibility index (Phi) is 3.84. The van der Waals surface area contributed by atoms with Crippen LogP contribution in [0.1, 0.15) is 41.0 Å². The molecule has 4 nitrogen and oxygen atoms in total. The summed E-state index contributed by atoms with van der Waals surface area (Å²) in [4.78, 5) is 13.7. The van der Waals surface area contributed by atoms with Crippen molar-refractivity contribution in [2.75, 3.05) is 6.54 Å². The van der Waals surface area contributed by atoms with Crippen LogP contribution in [0.5, 0.6) is 0 Å². The number of piperidine rings is 1. The van der Waals surface area contributed by atoms with Crippen LogP contribution in [0.2, 0.25) is 0 Å². The summed E-state index contributed by atoms with van der Waals surface area (Å²) in [5.74, 6) is 0.337. The third kappa shape index (κ3) is 3.37. The van der Waals surface area contributed by atoms with Crippen molar-refractivity contribution in [1.82, 2.24) is 4.90 Å². The average Bonchev–Trinajstić information content (AvgIpc) is 2.08. The van der Waals surface area contributed by atoms with Gasteiger partial charge in [-0.25, -0.2) is 4.79 Å². The first kappa shape index (κ1) is 13.3. The van der Waals surface area contributed by atoms with Crippen LogP contribution < -0.4 is 5.73 Å². The minimum absolute atomic E-state index is 0.168. The summed E-state index contributed by atoms with van der Waals surface area (Å²) >= 11 is 0. The molecule has 3 unspecified atom stereocenters. The molecule has 2 N–H and O–H groups in total. The monoisotopic (exact) mass is 228 g/mol. The molecule has 0 aromatic carbocycles. The normalized spacial score (nSPS) is 31.4. The molecule has 1 fully saturated rings. The lowest BCUT2D eigenvalue weighted by Crippen LogP contribution is -2.53. The molecule has 1 heterocycles. The molecule has 0 radical (unpaired) electrons. The van der Waals surface area contributed by atoms with E-state index >= 15 is 0 Å². The molecule has 16 heavy (non-hydrogen) atoms. The number of likely N-dealkylation sites (tertiary alicyclic amines) is 1. The molecule has 1 saturated heterocycles. The number of nitrogens with two attached hydrogens (primary N) is 1. The molecule has 0 saturated carbocycles. The van der Waals surface area contributed by atoms with Gasteiger partial charge >= 0.3 is 6.09 Å². The summed E-state index contributed by atoms with van der Waals surface area (Å²) in [5.41, 5.74) is 5.55. The lowest BCUT2D eigenvalue weighted by molar-refractivity contribution is 0.00416. The quantitative estimate of drug-likeness (QED) is 0.689. The van der Waals surface area contributed by atoms with Crippen molar-refractivity contribution in [3.05, 3.63) is 0 Å². The fraction of sp³-hybridized carbons (Fsp3) is 0.917. The number of hydrogen-bond donors (Lipinski definition) is 1. The second-order valence-electron chi connectivity index (χ2n) is 5.86. The lowest BCUT2D eigenvalue weighted by atomic mass is 9.90. The zero-order chi connectivity index (χ0) is 12.5. The van der Waals surface area contributed by atoms with Crippen molar-refractivity contribution >= 4 is 6.09 Å². The third-order valence-corrected chi connectivity index (χ3v) is 2.99. The predicted octanol–water partition coefficient (Wildman–Crippen LogP) is 1.98. The van der Waals surface area contributed by atoms with Crippen LogP contribution in [-0.2, 0) is 4.74 Å². The maximum Gasteiger partial charge on any atom is 0.410 e. The van der Waals surface area contributed by atoms with E-state index in [0.29, 0.717) is 12.5 Å². The standard InChI is InChI=1S/C12H24N2O2/c1-8-7-14(9(2)6-10(8)13)11(15)16-12(3,4)5/h8-10H,6-7,13H2,1-5H3. The van der Waals surface area contributed by atoms with E-state index in [1.165, 1.54) is 0 Å². The lowest BCUT2D eigenvalue weighted by Gasteiger charge is -2.40. The van der Waals surface area contributed by atoms with Gasteiger partial charge in [-0.05, 0) is 40.0 Å². The summed E-state index contributed by atoms with van der Waals surface area (Å²) in [7, 11) is 0. The van der Waals surface area contributed by atoms with E-state index in [2.05, 4.69) is 6.92 Å². The maximum atomic E-state index is 11.9. The highest BCUT2D eigenvalue weighted by molar-refractivity contribution is 5.68. The summed E-state index contributed by atoms with van der Waals surface area (Å²) in [6, 6.07) is 0.356. The highest BCUT2D eigenvalue weighted by Crippen LogP contribution is 2.22. The van der Waals surface area contributed by atoms with Crippen molar-refractivity contribution in [3.8, 4) is 0 Å². The Bertz CT molecular complexity index is 260. The SMILES string of the molecule is CC1CN(C(=O)OC(C)(C)C)C(C)CC1N. The molecule has 0 aliphatic carbocycles. The van der Waals surface area contributed by atoms with E-state index in [0.717, 1.165) is 6.42 Å². The Morgan fingerprint density at radius 2 is 1.94 bits per heavy atom. The van der Waals surface area contributed by atoms with Gasteiger partial charge in [0.1, 0.15) is 5.60 Å². The number of carbonyl (C=O) groups is 1. The molecule has 0 bridgehead atoms. The van der Waals surface area contributed by atoms with Gasteiger partial charge in [0.25, 0.3) is 0 Å². The molecule has 0 aromatic heterocycles. The van der Waals surface area contributed by atoms with Gasteiger partial charge in [-0.3, -0.25) is 0 Å². The molecule has 0 aromatic rings. The highest BCUT2D eigenvalue weighted by Gasteiger charge is 2.33. The zero-order valence-corrected chi connectivity index (χ0v) is 11.0. The van der Waals surface area contributed by atoms with Crippen LogP contribution in [-0.4, -0.2) is 35.2 Å². The highest BCUT2D eigenvalue weighted by atomic mass is 16.6. The fourth-order valence-electron chi connectivity index (χ4n) is 1.95. The molecule has 94 valence electrons. The molecular weight excluding hydrogens is 204 g/mol. The molecule has 4 heteroatoms. The van der Waals surface area contributed by atoms with Gasteiger partial charge in [-0.1, -0.05) is 6.92 Å². The first-order valence-corrected chi connectivity index (χ1v) is 5.96. The van der Waals surface area contributed by atoms with Crippen LogP contribution in [0.25, 0.3) is 0 Å². The Morgan fingerprint density at radius 3 is 2.44 bits per heavy atom. The molecule has 3 atom stereocenters. The smallest absolute Gasteiger partial charge is 0.410 e. The molecule has 0 spiro atoms. The van der Waals surface area contributed by atoms with Gasteiger partial charge in [0, 0.05) is 18.6 Å². The van der Waals surface area contributed by atoms with E-state index in [4.69, 9.17) is 10.5 Å². The Hall–Kier alpha value is -0.770. The predicted molar refractivity (Wildman–Crippen MR) is 64.2 cm³/mol. The second-order valence-corrected chi connectivity index (χ2v) is 5.86. The van der Waals surface area contributed by atoms with Gasteiger partial charge < -0.3 is 15.4 Å². The largest absolute Gasteiger partial charge is 0.444 e. The number of rotatable bonds is 0. The number of amides is 1. The van der Waals surface area contributed by atoms with E-state index in [-0.39, 0.29) is 18.2 Å². The number of hydrogen-bond acceptors (Lipinski definition) is 3. The number of ether oxygens (including phenoxy) is 1. The Balaban J connectivity index is 2.62. The fourth-order valence-corrected chi connectivity index (χ4v) is 1.95. The molecular formula is C12H24N2O2. The molecule has 1 aliphatic rings.